The molecule has 3 aromatic rings. The van der Waals surface area contributed by atoms with Crippen LogP contribution >= 0.6 is 0 Å². The molecule has 146 valence electrons. The highest BCUT2D eigenvalue weighted by Gasteiger charge is 2.45. The van der Waals surface area contributed by atoms with E-state index in [2.05, 4.69) is 0 Å². The van der Waals surface area contributed by atoms with Gasteiger partial charge in [-0.25, -0.2) is 9.69 Å². The van der Waals surface area contributed by atoms with E-state index >= 15 is 0 Å². The maximum atomic E-state index is 13.2. The van der Waals surface area contributed by atoms with E-state index in [0.29, 0.717) is 12.1 Å². The second kappa shape index (κ2) is 7.59. The van der Waals surface area contributed by atoms with Crippen LogP contribution in [0.15, 0.2) is 77.6 Å². The van der Waals surface area contributed by atoms with Crippen LogP contribution in [-0.2, 0) is 17.8 Å². The lowest BCUT2D eigenvalue weighted by molar-refractivity contribution is -0.384. The molecular weight excluding hydrogens is 374 g/mol. The standard InChI is InChI=1S/C21H17N3O5/c25-20-19(12-15-4-2-1-3-5-15)22(13-16-10-11-29-14-16)21(26)23(20)17-6-8-18(9-7-17)24(27)28/h1-11,14,19H,12-13H2. The van der Waals surface area contributed by atoms with Crippen molar-refractivity contribution >= 4 is 23.3 Å². The molecule has 1 saturated heterocycles. The lowest BCUT2D eigenvalue weighted by Gasteiger charge is -2.21. The van der Waals surface area contributed by atoms with Gasteiger partial charge in [-0.2, -0.15) is 0 Å². The van der Waals surface area contributed by atoms with Gasteiger partial charge < -0.3 is 9.32 Å². The Hall–Kier alpha value is -3.94. The summed E-state index contributed by atoms with van der Waals surface area (Å²) in [4.78, 5) is 39.3. The van der Waals surface area contributed by atoms with Crippen LogP contribution in [0.1, 0.15) is 11.1 Å². The van der Waals surface area contributed by atoms with Gasteiger partial charge in [0.2, 0.25) is 0 Å². The molecular formula is C21H17N3O5. The first-order chi connectivity index (χ1) is 14.0. The Labute approximate surface area is 166 Å². The van der Waals surface area contributed by atoms with Gasteiger partial charge in [0.1, 0.15) is 6.04 Å². The first kappa shape index (κ1) is 18.4. The number of furan rings is 1. The molecule has 0 aliphatic carbocycles. The zero-order chi connectivity index (χ0) is 20.4. The quantitative estimate of drug-likeness (QED) is 0.362. The van der Waals surface area contributed by atoms with Crippen LogP contribution in [0.25, 0.3) is 0 Å². The number of hydrogen-bond donors (Lipinski definition) is 0. The Morgan fingerprint density at radius 2 is 1.69 bits per heavy atom. The van der Waals surface area contributed by atoms with Crippen molar-refractivity contribution in [3.63, 3.8) is 0 Å². The molecule has 2 aromatic carbocycles. The maximum Gasteiger partial charge on any atom is 0.332 e. The average Bonchev–Trinajstić information content (AvgIpc) is 3.32. The Bertz CT molecular complexity index is 1030. The van der Waals surface area contributed by atoms with E-state index in [-0.39, 0.29) is 18.1 Å². The Kier molecular flexibility index (Phi) is 4.82. The zero-order valence-corrected chi connectivity index (χ0v) is 15.3. The molecule has 29 heavy (non-hydrogen) atoms. The van der Waals surface area contributed by atoms with Crippen molar-refractivity contribution in [2.24, 2.45) is 0 Å². The normalized spacial score (nSPS) is 16.5. The molecule has 1 aromatic heterocycles. The second-order valence-electron chi connectivity index (χ2n) is 6.69. The number of carbonyl (C=O) groups is 2. The summed E-state index contributed by atoms with van der Waals surface area (Å²) in [6.45, 7) is 0.224. The van der Waals surface area contributed by atoms with Crippen LogP contribution in [0.4, 0.5) is 16.2 Å². The van der Waals surface area contributed by atoms with E-state index in [1.807, 2.05) is 30.3 Å². The molecule has 3 amide bonds. The van der Waals surface area contributed by atoms with Gasteiger partial charge in [0.25, 0.3) is 11.6 Å². The third kappa shape index (κ3) is 3.60. The molecule has 4 rings (SSSR count). The SMILES string of the molecule is O=C1C(Cc2ccccc2)N(Cc2ccoc2)C(=O)N1c1ccc([N+](=O)[O-])cc1. The van der Waals surface area contributed by atoms with Gasteiger partial charge >= 0.3 is 6.03 Å². The van der Waals surface area contributed by atoms with Crippen LogP contribution in [0.3, 0.4) is 0 Å². The maximum absolute atomic E-state index is 13.2. The highest BCUT2D eigenvalue weighted by Crippen LogP contribution is 2.29. The molecule has 1 aliphatic heterocycles. The minimum absolute atomic E-state index is 0.107. The lowest BCUT2D eigenvalue weighted by Crippen LogP contribution is -2.36. The van der Waals surface area contributed by atoms with Crippen LogP contribution in [-0.4, -0.2) is 27.8 Å². The Morgan fingerprint density at radius 1 is 0.966 bits per heavy atom. The number of nitro benzene ring substituents is 1. The molecule has 8 heteroatoms. The largest absolute Gasteiger partial charge is 0.472 e. The van der Waals surface area contributed by atoms with Gasteiger partial charge in [0.05, 0.1) is 29.7 Å². The van der Waals surface area contributed by atoms with E-state index in [1.54, 1.807) is 6.07 Å². The number of benzene rings is 2. The summed E-state index contributed by atoms with van der Waals surface area (Å²) >= 11 is 0. The predicted molar refractivity (Wildman–Crippen MR) is 104 cm³/mol. The molecule has 0 radical (unpaired) electrons. The van der Waals surface area contributed by atoms with Gasteiger partial charge in [-0.05, 0) is 23.8 Å². The number of amides is 3. The number of imide groups is 1. The molecule has 1 unspecified atom stereocenters. The molecule has 8 nitrogen and oxygen atoms in total. The molecule has 1 aliphatic rings. The van der Waals surface area contributed by atoms with Crippen molar-refractivity contribution in [1.82, 2.24) is 4.90 Å². The molecule has 1 atom stereocenters. The van der Waals surface area contributed by atoms with Crippen molar-refractivity contribution in [2.75, 3.05) is 4.90 Å². The highest BCUT2D eigenvalue weighted by atomic mass is 16.6. The second-order valence-corrected chi connectivity index (χ2v) is 6.69. The van der Waals surface area contributed by atoms with Crippen LogP contribution < -0.4 is 4.90 Å². The number of hydrogen-bond acceptors (Lipinski definition) is 5. The van der Waals surface area contributed by atoms with E-state index in [1.165, 1.54) is 41.7 Å². The molecule has 1 fully saturated rings. The number of rotatable bonds is 6. The Morgan fingerprint density at radius 3 is 2.31 bits per heavy atom. The van der Waals surface area contributed by atoms with Gasteiger partial charge in [-0.3, -0.25) is 14.9 Å². The molecule has 0 saturated carbocycles. The van der Waals surface area contributed by atoms with Crippen LogP contribution in [0.5, 0.6) is 0 Å². The zero-order valence-electron chi connectivity index (χ0n) is 15.3. The number of carbonyl (C=O) groups excluding carboxylic acids is 2. The first-order valence-corrected chi connectivity index (χ1v) is 8.98. The summed E-state index contributed by atoms with van der Waals surface area (Å²) < 4.78 is 5.09. The van der Waals surface area contributed by atoms with E-state index in [9.17, 15) is 19.7 Å². The van der Waals surface area contributed by atoms with Crippen LogP contribution in [0, 0.1) is 10.1 Å². The number of anilines is 1. The molecule has 0 N–H and O–H groups in total. The minimum Gasteiger partial charge on any atom is -0.472 e. The van der Waals surface area contributed by atoms with Gasteiger partial charge in [0.15, 0.2) is 0 Å². The molecule has 2 heterocycles. The predicted octanol–water partition coefficient (Wildman–Crippen LogP) is 3.77. The van der Waals surface area contributed by atoms with Gasteiger partial charge in [0, 0.05) is 24.1 Å². The fraction of sp³-hybridized carbons (Fsp3) is 0.143. The minimum atomic E-state index is -0.685. The summed E-state index contributed by atoms with van der Waals surface area (Å²) in [7, 11) is 0. The number of nitro groups is 1. The summed E-state index contributed by atoms with van der Waals surface area (Å²) in [5, 5.41) is 10.9. The summed E-state index contributed by atoms with van der Waals surface area (Å²) in [6, 6.07) is 15.4. The Balaban J connectivity index is 1.67. The average molecular weight is 391 g/mol. The van der Waals surface area contributed by atoms with Crippen LogP contribution in [0.2, 0.25) is 0 Å². The smallest absolute Gasteiger partial charge is 0.332 e. The number of nitrogens with zero attached hydrogens (tertiary/aromatic N) is 3. The fourth-order valence-corrected chi connectivity index (χ4v) is 3.39. The molecule has 0 bridgehead atoms. The van der Waals surface area contributed by atoms with E-state index < -0.39 is 17.0 Å². The third-order valence-corrected chi connectivity index (χ3v) is 4.84. The summed E-state index contributed by atoms with van der Waals surface area (Å²) in [5.41, 5.74) is 1.90. The summed E-state index contributed by atoms with van der Waals surface area (Å²) in [5.74, 6) is -0.365. The summed E-state index contributed by atoms with van der Waals surface area (Å²) in [6.07, 6.45) is 3.41. The highest BCUT2D eigenvalue weighted by molar-refractivity contribution is 6.21. The van der Waals surface area contributed by atoms with Crippen molar-refractivity contribution in [3.05, 3.63) is 94.4 Å². The number of non-ortho nitro benzene ring substituents is 1. The lowest BCUT2D eigenvalue weighted by atomic mass is 10.0. The third-order valence-electron chi connectivity index (χ3n) is 4.84. The van der Waals surface area contributed by atoms with E-state index in [0.717, 1.165) is 16.0 Å². The van der Waals surface area contributed by atoms with Gasteiger partial charge in [-0.15, -0.1) is 0 Å². The van der Waals surface area contributed by atoms with Crippen molar-refractivity contribution in [2.45, 2.75) is 19.0 Å². The van der Waals surface area contributed by atoms with Crippen molar-refractivity contribution < 1.29 is 18.9 Å². The van der Waals surface area contributed by atoms with Gasteiger partial charge in [-0.1, -0.05) is 30.3 Å². The van der Waals surface area contributed by atoms with E-state index in [4.69, 9.17) is 4.42 Å². The van der Waals surface area contributed by atoms with Crippen molar-refractivity contribution in [3.8, 4) is 0 Å². The van der Waals surface area contributed by atoms with Crippen molar-refractivity contribution in [1.29, 1.82) is 0 Å². The topological polar surface area (TPSA) is 96.9 Å². The number of urea groups is 1. The fourth-order valence-electron chi connectivity index (χ4n) is 3.39. The monoisotopic (exact) mass is 391 g/mol. The first-order valence-electron chi connectivity index (χ1n) is 8.98. The molecule has 0 spiro atoms.